The number of benzene rings is 1. The Morgan fingerprint density at radius 3 is 2.75 bits per heavy atom. The van der Waals surface area contributed by atoms with E-state index >= 15 is 0 Å². The molecule has 0 aliphatic carbocycles. The topological polar surface area (TPSA) is 63.8 Å². The second kappa shape index (κ2) is 5.77. The zero-order chi connectivity index (χ0) is 13.8. The first-order valence-electron chi connectivity index (χ1n) is 6.57. The molecule has 0 bridgehead atoms. The Bertz CT molecular complexity index is 697. The summed E-state index contributed by atoms with van der Waals surface area (Å²) in [6, 6.07) is 16.1. The minimum Gasteiger partial charge on any atom is -0.271 e. The largest absolute Gasteiger partial charge is 0.271 e. The van der Waals surface area contributed by atoms with E-state index in [1.165, 1.54) is 0 Å². The first-order chi connectivity index (χ1) is 9.86. The molecule has 1 unspecified atom stereocenters. The number of aromatic nitrogens is 2. The van der Waals surface area contributed by atoms with Crippen LogP contribution in [0.15, 0.2) is 60.9 Å². The highest BCUT2D eigenvalue weighted by atomic mass is 15.2. The minimum absolute atomic E-state index is 0.0243. The molecule has 0 spiro atoms. The highest BCUT2D eigenvalue weighted by Gasteiger charge is 2.12. The third-order valence-corrected chi connectivity index (χ3v) is 3.34. The van der Waals surface area contributed by atoms with Crippen LogP contribution in [-0.2, 0) is 6.42 Å². The van der Waals surface area contributed by atoms with Crippen molar-refractivity contribution in [2.24, 2.45) is 5.84 Å². The lowest BCUT2D eigenvalue weighted by Gasteiger charge is -2.15. The zero-order valence-corrected chi connectivity index (χ0v) is 11.0. The van der Waals surface area contributed by atoms with Crippen molar-refractivity contribution in [1.29, 1.82) is 0 Å². The standard InChI is InChI=1S/C16H16N4/c17-20-16(10-12-4-3-9-18-11-12)15-8-7-13-5-1-2-6-14(13)19-15/h1-9,11,16,20H,10,17H2. The third kappa shape index (κ3) is 2.66. The van der Waals surface area contributed by atoms with E-state index in [0.29, 0.717) is 0 Å². The van der Waals surface area contributed by atoms with E-state index in [1.807, 2.05) is 42.6 Å². The predicted molar refractivity (Wildman–Crippen MR) is 79.7 cm³/mol. The number of nitrogens with zero attached hydrogens (tertiary/aromatic N) is 2. The lowest BCUT2D eigenvalue weighted by molar-refractivity contribution is 0.539. The normalized spacial score (nSPS) is 12.4. The maximum atomic E-state index is 5.69. The van der Waals surface area contributed by atoms with Crippen LogP contribution in [0.4, 0.5) is 0 Å². The Balaban J connectivity index is 1.91. The van der Waals surface area contributed by atoms with Gasteiger partial charge < -0.3 is 0 Å². The zero-order valence-electron chi connectivity index (χ0n) is 11.0. The number of hydrogen-bond donors (Lipinski definition) is 2. The number of hydrazine groups is 1. The van der Waals surface area contributed by atoms with Crippen molar-refractivity contribution in [3.63, 3.8) is 0 Å². The van der Waals surface area contributed by atoms with Crippen molar-refractivity contribution in [1.82, 2.24) is 15.4 Å². The fraction of sp³-hybridized carbons (Fsp3) is 0.125. The molecule has 4 heteroatoms. The SMILES string of the molecule is NNC(Cc1cccnc1)c1ccc2ccccc2n1. The van der Waals surface area contributed by atoms with Crippen LogP contribution in [0, 0.1) is 0 Å². The summed E-state index contributed by atoms with van der Waals surface area (Å²) in [5.74, 6) is 5.69. The molecule has 3 aromatic rings. The molecule has 0 radical (unpaired) electrons. The number of rotatable bonds is 4. The van der Waals surface area contributed by atoms with Crippen LogP contribution in [0.5, 0.6) is 0 Å². The van der Waals surface area contributed by atoms with Gasteiger partial charge in [0, 0.05) is 17.8 Å². The van der Waals surface area contributed by atoms with Crippen molar-refractivity contribution in [3.05, 3.63) is 72.2 Å². The smallest absolute Gasteiger partial charge is 0.0706 e. The Kier molecular flexibility index (Phi) is 3.67. The van der Waals surface area contributed by atoms with Gasteiger partial charge in [-0.1, -0.05) is 30.3 Å². The first kappa shape index (κ1) is 12.7. The number of hydrogen-bond acceptors (Lipinski definition) is 4. The third-order valence-electron chi connectivity index (χ3n) is 3.34. The molecule has 0 saturated carbocycles. The van der Waals surface area contributed by atoms with E-state index in [4.69, 9.17) is 5.84 Å². The number of nitrogens with two attached hydrogens (primary N) is 1. The van der Waals surface area contributed by atoms with Gasteiger partial charge in [0.25, 0.3) is 0 Å². The van der Waals surface area contributed by atoms with Gasteiger partial charge in [0.15, 0.2) is 0 Å². The summed E-state index contributed by atoms with van der Waals surface area (Å²) < 4.78 is 0. The van der Waals surface area contributed by atoms with E-state index in [-0.39, 0.29) is 6.04 Å². The summed E-state index contributed by atoms with van der Waals surface area (Å²) in [6.45, 7) is 0. The lowest BCUT2D eigenvalue weighted by atomic mass is 10.0. The Labute approximate surface area is 117 Å². The molecule has 0 amide bonds. The van der Waals surface area contributed by atoms with Crippen molar-refractivity contribution >= 4 is 10.9 Å². The molecular weight excluding hydrogens is 248 g/mol. The molecule has 3 N–H and O–H groups in total. The van der Waals surface area contributed by atoms with Gasteiger partial charge in [0.1, 0.15) is 0 Å². The second-order valence-electron chi connectivity index (χ2n) is 4.71. The quantitative estimate of drug-likeness (QED) is 0.561. The van der Waals surface area contributed by atoms with Crippen LogP contribution < -0.4 is 11.3 Å². The molecule has 0 aliphatic heterocycles. The summed E-state index contributed by atoms with van der Waals surface area (Å²) in [5.41, 5.74) is 5.89. The van der Waals surface area contributed by atoms with Crippen LogP contribution in [0.2, 0.25) is 0 Å². The monoisotopic (exact) mass is 264 g/mol. The highest BCUT2D eigenvalue weighted by molar-refractivity contribution is 5.78. The molecule has 1 aromatic carbocycles. The van der Waals surface area contributed by atoms with Crippen molar-refractivity contribution in [2.45, 2.75) is 12.5 Å². The number of nitrogens with one attached hydrogen (secondary N) is 1. The lowest BCUT2D eigenvalue weighted by Crippen LogP contribution is -2.30. The van der Waals surface area contributed by atoms with Gasteiger partial charge in [-0.05, 0) is 30.2 Å². The van der Waals surface area contributed by atoms with E-state index in [1.54, 1.807) is 6.20 Å². The van der Waals surface area contributed by atoms with Gasteiger partial charge in [-0.3, -0.25) is 21.2 Å². The van der Waals surface area contributed by atoms with Crippen molar-refractivity contribution < 1.29 is 0 Å². The molecule has 0 fully saturated rings. The highest BCUT2D eigenvalue weighted by Crippen LogP contribution is 2.19. The average molecular weight is 264 g/mol. The van der Waals surface area contributed by atoms with E-state index in [2.05, 4.69) is 27.5 Å². The molecular formula is C16H16N4. The fourth-order valence-electron chi connectivity index (χ4n) is 2.28. The summed E-state index contributed by atoms with van der Waals surface area (Å²) in [7, 11) is 0. The minimum atomic E-state index is -0.0243. The van der Waals surface area contributed by atoms with Crippen LogP contribution in [0.3, 0.4) is 0 Å². The summed E-state index contributed by atoms with van der Waals surface area (Å²) in [5, 5.41) is 1.13. The van der Waals surface area contributed by atoms with Crippen LogP contribution >= 0.6 is 0 Å². The Hall–Kier alpha value is -2.30. The van der Waals surface area contributed by atoms with Crippen molar-refractivity contribution in [2.75, 3.05) is 0 Å². The molecule has 1 atom stereocenters. The average Bonchev–Trinajstić information content (AvgIpc) is 2.53. The molecule has 3 rings (SSSR count). The predicted octanol–water partition coefficient (Wildman–Crippen LogP) is 2.38. The second-order valence-corrected chi connectivity index (χ2v) is 4.71. The van der Waals surface area contributed by atoms with Crippen LogP contribution in [0.1, 0.15) is 17.3 Å². The van der Waals surface area contributed by atoms with Gasteiger partial charge in [0.05, 0.1) is 17.3 Å². The van der Waals surface area contributed by atoms with Crippen molar-refractivity contribution in [3.8, 4) is 0 Å². The number of para-hydroxylation sites is 1. The van der Waals surface area contributed by atoms with Crippen LogP contribution in [-0.4, -0.2) is 9.97 Å². The van der Waals surface area contributed by atoms with Gasteiger partial charge >= 0.3 is 0 Å². The maximum Gasteiger partial charge on any atom is 0.0706 e. The van der Waals surface area contributed by atoms with E-state index in [9.17, 15) is 0 Å². The first-order valence-corrected chi connectivity index (χ1v) is 6.57. The van der Waals surface area contributed by atoms with Gasteiger partial charge in [-0.15, -0.1) is 0 Å². The molecule has 4 nitrogen and oxygen atoms in total. The summed E-state index contributed by atoms with van der Waals surface area (Å²) >= 11 is 0. The molecule has 20 heavy (non-hydrogen) atoms. The summed E-state index contributed by atoms with van der Waals surface area (Å²) in [4.78, 5) is 8.81. The molecule has 0 aliphatic rings. The summed E-state index contributed by atoms with van der Waals surface area (Å²) in [6.07, 6.45) is 4.38. The molecule has 0 saturated heterocycles. The molecule has 2 aromatic heterocycles. The molecule has 2 heterocycles. The Morgan fingerprint density at radius 1 is 1.05 bits per heavy atom. The van der Waals surface area contributed by atoms with Gasteiger partial charge in [-0.2, -0.15) is 0 Å². The van der Waals surface area contributed by atoms with Crippen LogP contribution in [0.25, 0.3) is 10.9 Å². The number of fused-ring (bicyclic) bond motifs is 1. The fourth-order valence-corrected chi connectivity index (χ4v) is 2.28. The van der Waals surface area contributed by atoms with E-state index in [0.717, 1.165) is 28.6 Å². The maximum absolute atomic E-state index is 5.69. The molecule has 100 valence electrons. The van der Waals surface area contributed by atoms with E-state index < -0.39 is 0 Å². The van der Waals surface area contributed by atoms with Gasteiger partial charge in [0.2, 0.25) is 0 Å². The van der Waals surface area contributed by atoms with Gasteiger partial charge in [-0.25, -0.2) is 0 Å². The Morgan fingerprint density at radius 2 is 1.95 bits per heavy atom. The number of pyridine rings is 2.